The Labute approximate surface area is 110 Å². The topological polar surface area (TPSA) is 20.3 Å². The van der Waals surface area contributed by atoms with Crippen LogP contribution < -0.4 is 0 Å². The number of rotatable bonds is 2. The van der Waals surface area contributed by atoms with Gasteiger partial charge in [0.1, 0.15) is 17.0 Å². The lowest BCUT2D eigenvalue weighted by molar-refractivity contribution is -0.131. The molecular formula is C13H14ClF2NO. The highest BCUT2D eigenvalue weighted by atomic mass is 35.5. The van der Waals surface area contributed by atoms with E-state index in [1.165, 1.54) is 6.07 Å². The van der Waals surface area contributed by atoms with Gasteiger partial charge in [-0.05, 0) is 31.4 Å². The number of halogens is 3. The fraction of sp³-hybridized carbons (Fsp3) is 0.462. The van der Waals surface area contributed by atoms with Crippen molar-refractivity contribution in [2.24, 2.45) is 0 Å². The molecule has 0 spiro atoms. The predicted molar refractivity (Wildman–Crippen MR) is 65.4 cm³/mol. The van der Waals surface area contributed by atoms with E-state index in [-0.39, 0.29) is 5.56 Å². The molecule has 98 valence electrons. The molecule has 2 rings (SSSR count). The molecule has 1 saturated heterocycles. The summed E-state index contributed by atoms with van der Waals surface area (Å²) in [4.78, 5) is 13.6. The standard InChI is InChI=1S/C13H14ClF2NO/c14-12(11-9(15)5-4-6-10(11)16)13(18)17-7-2-1-3-8-17/h4-6,12H,1-3,7-8H2. The van der Waals surface area contributed by atoms with Gasteiger partial charge >= 0.3 is 0 Å². The average molecular weight is 274 g/mol. The van der Waals surface area contributed by atoms with Gasteiger partial charge in [-0.1, -0.05) is 6.07 Å². The molecule has 1 unspecified atom stereocenters. The molecule has 0 bridgehead atoms. The lowest BCUT2D eigenvalue weighted by atomic mass is 10.1. The maximum absolute atomic E-state index is 13.5. The Morgan fingerprint density at radius 3 is 2.28 bits per heavy atom. The highest BCUT2D eigenvalue weighted by molar-refractivity contribution is 6.30. The van der Waals surface area contributed by atoms with Crippen LogP contribution in [0.5, 0.6) is 0 Å². The minimum absolute atomic E-state index is 0.352. The average Bonchev–Trinajstić information content (AvgIpc) is 2.38. The first-order chi connectivity index (χ1) is 8.61. The van der Waals surface area contributed by atoms with E-state index in [2.05, 4.69) is 0 Å². The number of hydrogen-bond donors (Lipinski definition) is 0. The number of carbonyl (C=O) groups is 1. The van der Waals surface area contributed by atoms with Gasteiger partial charge in [0.25, 0.3) is 0 Å². The summed E-state index contributed by atoms with van der Waals surface area (Å²) in [5.74, 6) is -1.97. The maximum atomic E-state index is 13.5. The highest BCUT2D eigenvalue weighted by Gasteiger charge is 2.29. The molecule has 1 aliphatic heterocycles. The summed E-state index contributed by atoms with van der Waals surface area (Å²) in [6, 6.07) is 3.47. The fourth-order valence-corrected chi connectivity index (χ4v) is 2.50. The molecule has 1 amide bonds. The molecule has 0 aliphatic carbocycles. The van der Waals surface area contributed by atoms with E-state index in [4.69, 9.17) is 11.6 Å². The number of piperidine rings is 1. The monoisotopic (exact) mass is 273 g/mol. The second-order valence-corrected chi connectivity index (χ2v) is 4.82. The minimum atomic E-state index is -1.29. The van der Waals surface area contributed by atoms with Crippen LogP contribution in [0.4, 0.5) is 8.78 Å². The Kier molecular flexibility index (Phi) is 4.17. The molecule has 1 heterocycles. The zero-order chi connectivity index (χ0) is 13.1. The molecule has 1 atom stereocenters. The van der Waals surface area contributed by atoms with Gasteiger partial charge in [0.2, 0.25) is 5.91 Å². The molecule has 1 aromatic rings. The largest absolute Gasteiger partial charge is 0.341 e. The first kappa shape index (κ1) is 13.3. The van der Waals surface area contributed by atoms with Crippen LogP contribution in [0.1, 0.15) is 30.2 Å². The number of alkyl halides is 1. The lowest BCUT2D eigenvalue weighted by Crippen LogP contribution is -2.38. The van der Waals surface area contributed by atoms with Gasteiger partial charge in [0.15, 0.2) is 0 Å². The van der Waals surface area contributed by atoms with Crippen LogP contribution in [0.2, 0.25) is 0 Å². The van der Waals surface area contributed by atoms with Crippen LogP contribution in [0.15, 0.2) is 18.2 Å². The van der Waals surface area contributed by atoms with E-state index in [1.807, 2.05) is 0 Å². The number of benzene rings is 1. The van der Waals surface area contributed by atoms with Crippen molar-refractivity contribution >= 4 is 17.5 Å². The smallest absolute Gasteiger partial charge is 0.245 e. The highest BCUT2D eigenvalue weighted by Crippen LogP contribution is 2.29. The first-order valence-electron chi connectivity index (χ1n) is 5.98. The van der Waals surface area contributed by atoms with E-state index in [1.54, 1.807) is 4.90 Å². The molecule has 2 nitrogen and oxygen atoms in total. The quantitative estimate of drug-likeness (QED) is 0.758. The summed E-state index contributed by atoms with van der Waals surface area (Å²) in [6.45, 7) is 1.22. The van der Waals surface area contributed by atoms with E-state index >= 15 is 0 Å². The van der Waals surface area contributed by atoms with Gasteiger partial charge in [-0.2, -0.15) is 0 Å². The summed E-state index contributed by atoms with van der Waals surface area (Å²) in [5.41, 5.74) is -0.352. The molecule has 0 aromatic heterocycles. The summed E-state index contributed by atoms with van der Waals surface area (Å²) in [6.07, 6.45) is 2.90. The summed E-state index contributed by atoms with van der Waals surface area (Å²) in [5, 5.41) is -1.29. The normalized spacial score (nSPS) is 17.6. The Morgan fingerprint density at radius 2 is 1.72 bits per heavy atom. The van der Waals surface area contributed by atoms with Gasteiger partial charge in [0.05, 0.1) is 5.56 Å². The Bertz CT molecular complexity index is 426. The summed E-state index contributed by atoms with van der Waals surface area (Å²) < 4.78 is 27.1. The molecule has 18 heavy (non-hydrogen) atoms. The Hall–Kier alpha value is -1.16. The fourth-order valence-electron chi connectivity index (χ4n) is 2.15. The molecule has 5 heteroatoms. The number of carbonyl (C=O) groups excluding carboxylic acids is 1. The number of hydrogen-bond acceptors (Lipinski definition) is 1. The molecule has 1 aliphatic rings. The molecular weight excluding hydrogens is 260 g/mol. The van der Waals surface area contributed by atoms with Gasteiger partial charge in [0, 0.05) is 13.1 Å². The van der Waals surface area contributed by atoms with E-state index < -0.39 is 22.9 Å². The summed E-state index contributed by atoms with van der Waals surface area (Å²) in [7, 11) is 0. The van der Waals surface area contributed by atoms with Crippen molar-refractivity contribution in [3.05, 3.63) is 35.4 Å². The lowest BCUT2D eigenvalue weighted by Gasteiger charge is -2.28. The SMILES string of the molecule is O=C(C(Cl)c1c(F)cccc1F)N1CCCCC1. The summed E-state index contributed by atoms with van der Waals surface area (Å²) >= 11 is 5.93. The van der Waals surface area contributed by atoms with E-state index in [9.17, 15) is 13.6 Å². The van der Waals surface area contributed by atoms with Crippen molar-refractivity contribution in [1.29, 1.82) is 0 Å². The molecule has 1 fully saturated rings. The second kappa shape index (κ2) is 5.65. The van der Waals surface area contributed by atoms with Crippen molar-refractivity contribution in [3.63, 3.8) is 0 Å². The zero-order valence-corrected chi connectivity index (χ0v) is 10.6. The molecule has 1 aromatic carbocycles. The van der Waals surface area contributed by atoms with Crippen LogP contribution in [0.3, 0.4) is 0 Å². The molecule has 0 saturated carbocycles. The van der Waals surface area contributed by atoms with Gasteiger partial charge in [-0.25, -0.2) is 8.78 Å². The van der Waals surface area contributed by atoms with Crippen LogP contribution in [0.25, 0.3) is 0 Å². The van der Waals surface area contributed by atoms with Gasteiger partial charge in [-0.3, -0.25) is 4.79 Å². The van der Waals surface area contributed by atoms with Crippen LogP contribution in [-0.2, 0) is 4.79 Å². The van der Waals surface area contributed by atoms with Crippen molar-refractivity contribution in [1.82, 2.24) is 4.90 Å². The first-order valence-corrected chi connectivity index (χ1v) is 6.41. The molecule has 0 N–H and O–H groups in total. The maximum Gasteiger partial charge on any atom is 0.245 e. The van der Waals surface area contributed by atoms with Crippen LogP contribution in [0, 0.1) is 11.6 Å². The third-order valence-electron chi connectivity index (χ3n) is 3.14. The minimum Gasteiger partial charge on any atom is -0.341 e. The Morgan fingerprint density at radius 1 is 1.17 bits per heavy atom. The van der Waals surface area contributed by atoms with Gasteiger partial charge < -0.3 is 4.90 Å². The van der Waals surface area contributed by atoms with Crippen LogP contribution in [-0.4, -0.2) is 23.9 Å². The Balaban J connectivity index is 2.19. The van der Waals surface area contributed by atoms with Crippen molar-refractivity contribution < 1.29 is 13.6 Å². The van der Waals surface area contributed by atoms with E-state index in [0.717, 1.165) is 31.4 Å². The van der Waals surface area contributed by atoms with Crippen molar-refractivity contribution in [2.45, 2.75) is 24.6 Å². The number of likely N-dealkylation sites (tertiary alicyclic amines) is 1. The van der Waals surface area contributed by atoms with Crippen molar-refractivity contribution in [3.8, 4) is 0 Å². The second-order valence-electron chi connectivity index (χ2n) is 4.38. The van der Waals surface area contributed by atoms with E-state index in [0.29, 0.717) is 13.1 Å². The number of amides is 1. The molecule has 0 radical (unpaired) electrons. The van der Waals surface area contributed by atoms with Crippen molar-refractivity contribution in [2.75, 3.05) is 13.1 Å². The number of nitrogens with zero attached hydrogens (tertiary/aromatic N) is 1. The third-order valence-corrected chi connectivity index (χ3v) is 3.54. The predicted octanol–water partition coefficient (Wildman–Crippen LogP) is 3.26. The third kappa shape index (κ3) is 2.64. The zero-order valence-electron chi connectivity index (χ0n) is 9.83. The van der Waals surface area contributed by atoms with Crippen LogP contribution >= 0.6 is 11.6 Å². The van der Waals surface area contributed by atoms with Gasteiger partial charge in [-0.15, -0.1) is 11.6 Å².